The predicted molar refractivity (Wildman–Crippen MR) is 188 cm³/mol. The molecule has 7 aromatic rings. The molecule has 0 heterocycles. The van der Waals surface area contributed by atoms with Gasteiger partial charge in [-0.3, -0.25) is 0 Å². The summed E-state index contributed by atoms with van der Waals surface area (Å²) in [5, 5.41) is 20.5. The first-order chi connectivity index (χ1) is 23.6. The lowest BCUT2D eigenvalue weighted by Gasteiger charge is -2.18. The zero-order valence-electron chi connectivity index (χ0n) is 25.7. The van der Waals surface area contributed by atoms with Crippen LogP contribution in [-0.4, -0.2) is 0 Å². The fourth-order valence-corrected chi connectivity index (χ4v) is 6.17. The molecule has 4 heteroatoms. The molecule has 0 amide bonds. The van der Waals surface area contributed by atoms with Crippen LogP contribution in [-0.2, 0) is 0 Å². The summed E-state index contributed by atoms with van der Waals surface area (Å²) in [5.41, 5.74) is 5.89. The maximum Gasteiger partial charge on any atom is 0.160 e. The van der Waals surface area contributed by atoms with Gasteiger partial charge in [-0.25, -0.2) is 8.78 Å². The lowest BCUT2D eigenvalue weighted by atomic mass is 9.85. The highest BCUT2D eigenvalue weighted by atomic mass is 19.1. The van der Waals surface area contributed by atoms with Gasteiger partial charge in [0.15, 0.2) is 5.82 Å². The largest absolute Gasteiger partial charge is 0.206 e. The maximum atomic E-state index is 17.4. The van der Waals surface area contributed by atoms with Crippen molar-refractivity contribution in [3.05, 3.63) is 180 Å². The van der Waals surface area contributed by atoms with Crippen molar-refractivity contribution in [3.8, 4) is 78.9 Å². The van der Waals surface area contributed by atoms with Gasteiger partial charge in [0, 0.05) is 11.1 Å². The quantitative estimate of drug-likeness (QED) is 0.186. The van der Waals surface area contributed by atoms with Crippen LogP contribution in [0.25, 0.3) is 66.8 Å². The van der Waals surface area contributed by atoms with E-state index in [1.54, 1.807) is 24.3 Å². The van der Waals surface area contributed by atoms with Gasteiger partial charge in [0.1, 0.15) is 18.0 Å². The summed E-state index contributed by atoms with van der Waals surface area (Å²) in [6, 6.07) is 53.3. The summed E-state index contributed by atoms with van der Waals surface area (Å²) >= 11 is 0. The number of halogens is 2. The van der Waals surface area contributed by atoms with Crippen molar-refractivity contribution >= 4 is 0 Å². The maximum absolute atomic E-state index is 17.4. The number of benzene rings is 7. The molecule has 7 aromatic carbocycles. The van der Waals surface area contributed by atoms with Crippen molar-refractivity contribution in [2.45, 2.75) is 0 Å². The zero-order chi connectivity index (χ0) is 33.0. The highest BCUT2D eigenvalue weighted by Gasteiger charge is 2.28. The van der Waals surface area contributed by atoms with Crippen LogP contribution in [0.1, 0.15) is 11.1 Å². The van der Waals surface area contributed by atoms with E-state index in [2.05, 4.69) is 0 Å². The highest BCUT2D eigenvalue weighted by Crippen LogP contribution is 2.43. The minimum Gasteiger partial charge on any atom is -0.206 e. The molecule has 7 rings (SSSR count). The van der Waals surface area contributed by atoms with Crippen molar-refractivity contribution in [1.82, 2.24) is 0 Å². The average Bonchev–Trinajstić information content (AvgIpc) is 3.16. The van der Waals surface area contributed by atoms with Gasteiger partial charge in [0.25, 0.3) is 0 Å². The smallest absolute Gasteiger partial charge is 0.160 e. The first-order valence-electron chi connectivity index (χ1n) is 15.4. The lowest BCUT2D eigenvalue weighted by molar-refractivity contribution is 0.599. The third-order valence-corrected chi connectivity index (χ3v) is 8.47. The fraction of sp³-hybridized carbons (Fsp3) is 0. The Kier molecular flexibility index (Phi) is 8.15. The van der Waals surface area contributed by atoms with Gasteiger partial charge in [-0.2, -0.15) is 10.5 Å². The number of hydrogen-bond donors (Lipinski definition) is 0. The summed E-state index contributed by atoms with van der Waals surface area (Å²) < 4.78 is 33.8. The monoisotopic (exact) mass is 620 g/mol. The van der Waals surface area contributed by atoms with Crippen molar-refractivity contribution < 1.29 is 8.78 Å². The van der Waals surface area contributed by atoms with Gasteiger partial charge in [-0.15, -0.1) is 0 Å². The van der Waals surface area contributed by atoms with Crippen LogP contribution >= 0.6 is 0 Å². The standard InChI is InChI=1S/C44H26F2N2/c45-43-39(27-47)41(37-23-33(29-13-5-1-6-14-29)21-34(24-37)30-15-7-2-8-16-30)44(46)42(40(43)28-48)38-25-35(31-17-9-3-10-18-31)22-36(26-38)32-19-11-4-12-20-32/h1-26H. The van der Waals surface area contributed by atoms with E-state index >= 15 is 8.78 Å². The van der Waals surface area contributed by atoms with Crippen LogP contribution < -0.4 is 0 Å². The van der Waals surface area contributed by atoms with Gasteiger partial charge in [-0.05, 0) is 92.0 Å². The molecule has 0 atom stereocenters. The molecule has 0 saturated heterocycles. The molecule has 0 spiro atoms. The van der Waals surface area contributed by atoms with E-state index in [9.17, 15) is 10.5 Å². The third-order valence-electron chi connectivity index (χ3n) is 8.47. The Bertz CT molecular complexity index is 2070. The Balaban J connectivity index is 1.54. The molecule has 0 radical (unpaired) electrons. The Morgan fingerprint density at radius 3 is 0.812 bits per heavy atom. The second-order valence-corrected chi connectivity index (χ2v) is 11.4. The van der Waals surface area contributed by atoms with Gasteiger partial charge in [0.2, 0.25) is 0 Å². The van der Waals surface area contributed by atoms with Crippen molar-refractivity contribution in [3.63, 3.8) is 0 Å². The topological polar surface area (TPSA) is 47.6 Å². The van der Waals surface area contributed by atoms with Crippen LogP contribution in [0.5, 0.6) is 0 Å². The van der Waals surface area contributed by atoms with Crippen LogP contribution in [0.15, 0.2) is 158 Å². The van der Waals surface area contributed by atoms with E-state index in [0.717, 1.165) is 44.5 Å². The van der Waals surface area contributed by atoms with Crippen molar-refractivity contribution in [2.75, 3.05) is 0 Å². The van der Waals surface area contributed by atoms with E-state index in [1.165, 1.54) is 0 Å². The predicted octanol–water partition coefficient (Wildman–Crippen LogP) is 11.7. The Hall–Kier alpha value is -6.62. The Morgan fingerprint density at radius 2 is 0.562 bits per heavy atom. The average molecular weight is 621 g/mol. The summed E-state index contributed by atoms with van der Waals surface area (Å²) in [6.45, 7) is 0. The molecule has 0 aliphatic rings. The summed E-state index contributed by atoms with van der Waals surface area (Å²) in [4.78, 5) is 0. The molecule has 0 aliphatic carbocycles. The number of rotatable bonds is 6. The minimum absolute atomic E-state index is 0.190. The first kappa shape index (κ1) is 30.1. The van der Waals surface area contributed by atoms with Gasteiger partial charge >= 0.3 is 0 Å². The second-order valence-electron chi connectivity index (χ2n) is 11.4. The van der Waals surface area contributed by atoms with Crippen LogP contribution in [0, 0.1) is 34.3 Å². The fourth-order valence-electron chi connectivity index (χ4n) is 6.17. The summed E-state index contributed by atoms with van der Waals surface area (Å²) in [5.74, 6) is -1.89. The summed E-state index contributed by atoms with van der Waals surface area (Å²) in [6.07, 6.45) is 0. The van der Waals surface area contributed by atoms with E-state index in [0.29, 0.717) is 11.1 Å². The number of hydrogen-bond acceptors (Lipinski definition) is 2. The van der Waals surface area contributed by atoms with Crippen molar-refractivity contribution in [2.24, 2.45) is 0 Å². The molecule has 0 fully saturated rings. The lowest BCUT2D eigenvalue weighted by Crippen LogP contribution is -2.04. The summed E-state index contributed by atoms with van der Waals surface area (Å²) in [7, 11) is 0. The van der Waals surface area contributed by atoms with Gasteiger partial charge in [0.05, 0.1) is 11.1 Å². The van der Waals surface area contributed by atoms with Gasteiger partial charge < -0.3 is 0 Å². The van der Waals surface area contributed by atoms with E-state index in [1.807, 2.05) is 146 Å². The molecule has 0 bridgehead atoms. The first-order valence-corrected chi connectivity index (χ1v) is 15.4. The minimum atomic E-state index is -1.05. The van der Waals surface area contributed by atoms with E-state index in [-0.39, 0.29) is 11.1 Å². The Morgan fingerprint density at radius 1 is 0.312 bits per heavy atom. The number of nitriles is 2. The molecule has 0 aromatic heterocycles. The second kappa shape index (κ2) is 13.0. The molecular formula is C44H26F2N2. The molecule has 0 saturated carbocycles. The molecule has 226 valence electrons. The van der Waals surface area contributed by atoms with Crippen molar-refractivity contribution in [1.29, 1.82) is 10.5 Å². The number of nitrogens with zero attached hydrogens (tertiary/aromatic N) is 2. The highest BCUT2D eigenvalue weighted by molar-refractivity contribution is 5.90. The SMILES string of the molecule is N#Cc1c(F)c(C#N)c(-c2cc(-c3ccccc3)cc(-c3ccccc3)c2)c(F)c1-c1cc(-c2ccccc2)cc(-c2ccccc2)c1. The molecule has 2 nitrogen and oxygen atoms in total. The molecular weight excluding hydrogens is 594 g/mol. The molecule has 0 aliphatic heterocycles. The zero-order valence-corrected chi connectivity index (χ0v) is 25.7. The van der Waals surface area contributed by atoms with Crippen LogP contribution in [0.2, 0.25) is 0 Å². The molecule has 48 heavy (non-hydrogen) atoms. The third kappa shape index (κ3) is 5.64. The van der Waals surface area contributed by atoms with Crippen LogP contribution in [0.4, 0.5) is 8.78 Å². The van der Waals surface area contributed by atoms with Gasteiger partial charge in [-0.1, -0.05) is 121 Å². The van der Waals surface area contributed by atoms with E-state index < -0.39 is 22.8 Å². The molecule has 0 N–H and O–H groups in total. The normalized spacial score (nSPS) is 10.7. The van der Waals surface area contributed by atoms with Crippen LogP contribution in [0.3, 0.4) is 0 Å². The van der Waals surface area contributed by atoms with E-state index in [4.69, 9.17) is 0 Å². The molecule has 0 unspecified atom stereocenters. The Labute approximate surface area is 278 Å².